The molecule has 0 saturated carbocycles. The lowest BCUT2D eigenvalue weighted by Gasteiger charge is -2.18. The predicted octanol–water partition coefficient (Wildman–Crippen LogP) is 4.52. The maximum Gasteiger partial charge on any atom is 0.0574 e. The van der Waals surface area contributed by atoms with Crippen LogP contribution in [0.25, 0.3) is 0 Å². The van der Waals surface area contributed by atoms with Gasteiger partial charge in [-0.3, -0.25) is 0 Å². The lowest BCUT2D eigenvalue weighted by atomic mass is 9.96. The molecule has 2 rings (SSSR count). The molecule has 0 aliphatic carbocycles. The van der Waals surface area contributed by atoms with Crippen LogP contribution in [0.2, 0.25) is 5.02 Å². The van der Waals surface area contributed by atoms with Crippen molar-refractivity contribution in [1.82, 2.24) is 5.32 Å². The number of hydrogen-bond donors (Lipinski definition) is 1. The van der Waals surface area contributed by atoms with Crippen LogP contribution in [0.1, 0.15) is 35.2 Å². The molecule has 0 bridgehead atoms. The van der Waals surface area contributed by atoms with E-state index in [0.717, 1.165) is 17.0 Å². The fourth-order valence-corrected chi connectivity index (χ4v) is 2.50. The lowest BCUT2D eigenvalue weighted by Crippen LogP contribution is -2.17. The van der Waals surface area contributed by atoms with Gasteiger partial charge in [-0.05, 0) is 48.7 Å². The van der Waals surface area contributed by atoms with Crippen molar-refractivity contribution in [3.05, 3.63) is 69.7 Å². The summed E-state index contributed by atoms with van der Waals surface area (Å²) in [6, 6.07) is 15.2. The zero-order valence-electron chi connectivity index (χ0n) is 11.7. The molecule has 0 radical (unpaired) electrons. The first-order valence-electron chi connectivity index (χ1n) is 6.68. The highest BCUT2D eigenvalue weighted by molar-refractivity contribution is 6.31. The third-order valence-corrected chi connectivity index (χ3v) is 3.92. The lowest BCUT2D eigenvalue weighted by molar-refractivity contribution is 0.690. The van der Waals surface area contributed by atoms with Gasteiger partial charge in [0.05, 0.1) is 6.04 Å². The molecule has 1 nitrogen and oxygen atoms in total. The first-order valence-corrected chi connectivity index (χ1v) is 7.05. The predicted molar refractivity (Wildman–Crippen MR) is 82.9 cm³/mol. The maximum atomic E-state index is 6.23. The first-order chi connectivity index (χ1) is 9.15. The Morgan fingerprint density at radius 3 is 2.47 bits per heavy atom. The second kappa shape index (κ2) is 6.23. The summed E-state index contributed by atoms with van der Waals surface area (Å²) in [4.78, 5) is 0. The number of aryl methyl sites for hydroxylation is 2. The number of rotatable bonds is 4. The molecule has 1 atom stereocenters. The first kappa shape index (κ1) is 14.1. The van der Waals surface area contributed by atoms with Crippen molar-refractivity contribution in [2.24, 2.45) is 0 Å². The second-order valence-electron chi connectivity index (χ2n) is 4.83. The van der Waals surface area contributed by atoms with E-state index in [1.54, 1.807) is 0 Å². The van der Waals surface area contributed by atoms with E-state index in [-0.39, 0.29) is 6.04 Å². The molecule has 1 unspecified atom stereocenters. The summed E-state index contributed by atoms with van der Waals surface area (Å²) in [5.74, 6) is 0. The molecule has 0 aromatic heterocycles. The maximum absolute atomic E-state index is 6.23. The minimum atomic E-state index is 0.185. The summed E-state index contributed by atoms with van der Waals surface area (Å²) in [6.07, 6.45) is 1.05. The third kappa shape index (κ3) is 3.17. The molecule has 0 aliphatic heterocycles. The van der Waals surface area contributed by atoms with Crippen LogP contribution < -0.4 is 5.32 Å². The second-order valence-corrected chi connectivity index (χ2v) is 5.24. The van der Waals surface area contributed by atoms with E-state index in [1.807, 2.05) is 14.0 Å². The number of nitrogens with one attached hydrogen (secondary N) is 1. The standard InChI is InChI=1S/C17H20ClN/c1-4-13-6-5-7-14(10-13)17(19-3)15-9-8-12(2)16(18)11-15/h5-11,17,19H,4H2,1-3H3. The van der Waals surface area contributed by atoms with Crippen molar-refractivity contribution in [1.29, 1.82) is 0 Å². The van der Waals surface area contributed by atoms with E-state index in [1.165, 1.54) is 16.7 Å². The normalized spacial score (nSPS) is 12.4. The Kier molecular flexibility index (Phi) is 4.62. The Labute approximate surface area is 120 Å². The fraction of sp³-hybridized carbons (Fsp3) is 0.294. The minimum absolute atomic E-state index is 0.185. The highest BCUT2D eigenvalue weighted by Gasteiger charge is 2.13. The molecule has 100 valence electrons. The van der Waals surface area contributed by atoms with Crippen LogP contribution in [0.15, 0.2) is 42.5 Å². The SMILES string of the molecule is CCc1cccc(C(NC)c2ccc(C)c(Cl)c2)c1. The molecule has 2 heteroatoms. The Bertz CT molecular complexity index is 563. The highest BCUT2D eigenvalue weighted by atomic mass is 35.5. The Balaban J connectivity index is 2.40. The summed E-state index contributed by atoms with van der Waals surface area (Å²) in [7, 11) is 1.98. The summed E-state index contributed by atoms with van der Waals surface area (Å²) in [5, 5.41) is 4.20. The Morgan fingerprint density at radius 1 is 1.11 bits per heavy atom. The van der Waals surface area contributed by atoms with Crippen molar-refractivity contribution < 1.29 is 0 Å². The summed E-state index contributed by atoms with van der Waals surface area (Å²) < 4.78 is 0. The van der Waals surface area contributed by atoms with Gasteiger partial charge in [-0.2, -0.15) is 0 Å². The molecule has 0 fully saturated rings. The van der Waals surface area contributed by atoms with Gasteiger partial charge in [0.25, 0.3) is 0 Å². The van der Waals surface area contributed by atoms with Crippen LogP contribution in [0.4, 0.5) is 0 Å². The van der Waals surface area contributed by atoms with Crippen molar-refractivity contribution in [3.63, 3.8) is 0 Å². The largest absolute Gasteiger partial charge is 0.309 e. The van der Waals surface area contributed by atoms with Crippen LogP contribution in [0.3, 0.4) is 0 Å². The van der Waals surface area contributed by atoms with E-state index in [0.29, 0.717) is 0 Å². The van der Waals surface area contributed by atoms with E-state index in [9.17, 15) is 0 Å². The van der Waals surface area contributed by atoms with Gasteiger partial charge < -0.3 is 5.32 Å². The Morgan fingerprint density at radius 2 is 1.84 bits per heavy atom. The number of hydrogen-bond acceptors (Lipinski definition) is 1. The van der Waals surface area contributed by atoms with Crippen LogP contribution >= 0.6 is 11.6 Å². The van der Waals surface area contributed by atoms with Gasteiger partial charge in [-0.25, -0.2) is 0 Å². The van der Waals surface area contributed by atoms with Gasteiger partial charge in [-0.1, -0.05) is 54.9 Å². The molecule has 0 saturated heterocycles. The molecule has 0 amide bonds. The van der Waals surface area contributed by atoms with Crippen LogP contribution in [0, 0.1) is 6.92 Å². The quantitative estimate of drug-likeness (QED) is 0.864. The zero-order chi connectivity index (χ0) is 13.8. The van der Waals surface area contributed by atoms with Crippen LogP contribution in [-0.4, -0.2) is 7.05 Å². The van der Waals surface area contributed by atoms with Crippen LogP contribution in [0.5, 0.6) is 0 Å². The van der Waals surface area contributed by atoms with Gasteiger partial charge in [0.2, 0.25) is 0 Å². The van der Waals surface area contributed by atoms with Crippen molar-refractivity contribution >= 4 is 11.6 Å². The molecular weight excluding hydrogens is 254 g/mol. The molecule has 1 N–H and O–H groups in total. The molecule has 2 aromatic rings. The summed E-state index contributed by atoms with van der Waals surface area (Å²) in [6.45, 7) is 4.20. The number of halogens is 1. The van der Waals surface area contributed by atoms with Gasteiger partial charge in [0.1, 0.15) is 0 Å². The van der Waals surface area contributed by atoms with Gasteiger partial charge in [-0.15, -0.1) is 0 Å². The smallest absolute Gasteiger partial charge is 0.0574 e. The van der Waals surface area contributed by atoms with Gasteiger partial charge in [0, 0.05) is 5.02 Å². The summed E-state index contributed by atoms with van der Waals surface area (Å²) in [5.41, 5.74) is 4.95. The molecule has 2 aromatic carbocycles. The van der Waals surface area contributed by atoms with E-state index in [2.05, 4.69) is 54.7 Å². The topological polar surface area (TPSA) is 12.0 Å². The Hall–Kier alpha value is -1.31. The molecule has 19 heavy (non-hydrogen) atoms. The molecular formula is C17H20ClN. The van der Waals surface area contributed by atoms with E-state index in [4.69, 9.17) is 11.6 Å². The van der Waals surface area contributed by atoms with Gasteiger partial charge in [0.15, 0.2) is 0 Å². The monoisotopic (exact) mass is 273 g/mol. The molecule has 0 aliphatic rings. The van der Waals surface area contributed by atoms with E-state index < -0.39 is 0 Å². The van der Waals surface area contributed by atoms with Crippen molar-refractivity contribution in [2.75, 3.05) is 7.05 Å². The van der Waals surface area contributed by atoms with E-state index >= 15 is 0 Å². The average Bonchev–Trinajstić information content (AvgIpc) is 2.44. The molecule has 0 heterocycles. The third-order valence-electron chi connectivity index (χ3n) is 3.51. The fourth-order valence-electron chi connectivity index (χ4n) is 2.31. The highest BCUT2D eigenvalue weighted by Crippen LogP contribution is 2.26. The molecule has 0 spiro atoms. The van der Waals surface area contributed by atoms with Crippen LogP contribution in [-0.2, 0) is 6.42 Å². The zero-order valence-corrected chi connectivity index (χ0v) is 12.5. The average molecular weight is 274 g/mol. The van der Waals surface area contributed by atoms with Gasteiger partial charge >= 0.3 is 0 Å². The van der Waals surface area contributed by atoms with Crippen molar-refractivity contribution in [3.8, 4) is 0 Å². The summed E-state index contributed by atoms with van der Waals surface area (Å²) >= 11 is 6.23. The number of benzene rings is 2. The minimum Gasteiger partial charge on any atom is -0.309 e. The van der Waals surface area contributed by atoms with Crippen molar-refractivity contribution in [2.45, 2.75) is 26.3 Å².